The zero-order chi connectivity index (χ0) is 15.6. The molecule has 0 radical (unpaired) electrons. The number of benzene rings is 2. The van der Waals surface area contributed by atoms with Crippen molar-refractivity contribution in [2.75, 3.05) is 13.2 Å². The van der Waals surface area contributed by atoms with Crippen LogP contribution in [0.2, 0.25) is 0 Å². The highest BCUT2D eigenvalue weighted by Crippen LogP contribution is 2.31. The Balaban J connectivity index is 1.64. The molecule has 5 nitrogen and oxygen atoms in total. The number of rotatable bonds is 4. The summed E-state index contributed by atoms with van der Waals surface area (Å²) in [4.78, 5) is 0.134. The minimum Gasteiger partial charge on any atom is -0.486 e. The van der Waals surface area contributed by atoms with Crippen LogP contribution in [0, 0.1) is 6.92 Å². The molecule has 0 spiro atoms. The van der Waals surface area contributed by atoms with Gasteiger partial charge in [-0.3, -0.25) is 4.18 Å². The Labute approximate surface area is 129 Å². The van der Waals surface area contributed by atoms with Gasteiger partial charge in [0.1, 0.15) is 13.2 Å². The quantitative estimate of drug-likeness (QED) is 0.810. The van der Waals surface area contributed by atoms with E-state index < -0.39 is 16.2 Å². The number of ether oxygens (including phenoxy) is 2. The molecular formula is C16H16O5S. The second-order valence-corrected chi connectivity index (χ2v) is 6.66. The van der Waals surface area contributed by atoms with Crippen LogP contribution >= 0.6 is 0 Å². The van der Waals surface area contributed by atoms with Crippen molar-refractivity contribution in [2.45, 2.75) is 17.9 Å². The lowest BCUT2D eigenvalue weighted by Crippen LogP contribution is -2.34. The maximum absolute atomic E-state index is 12.1. The Morgan fingerprint density at radius 2 is 1.77 bits per heavy atom. The van der Waals surface area contributed by atoms with Crippen LogP contribution in [0.5, 0.6) is 11.5 Å². The first-order chi connectivity index (χ1) is 10.5. The summed E-state index contributed by atoms with van der Waals surface area (Å²) in [6.45, 7) is 2.05. The molecule has 2 aromatic rings. The maximum Gasteiger partial charge on any atom is 0.297 e. The highest BCUT2D eigenvalue weighted by atomic mass is 32.2. The zero-order valence-electron chi connectivity index (χ0n) is 12.1. The fourth-order valence-corrected chi connectivity index (χ4v) is 3.02. The molecule has 0 N–H and O–H groups in total. The van der Waals surface area contributed by atoms with E-state index in [1.54, 1.807) is 24.3 Å². The van der Waals surface area contributed by atoms with Crippen LogP contribution < -0.4 is 9.47 Å². The van der Waals surface area contributed by atoms with Crippen LogP contribution in [0.15, 0.2) is 53.4 Å². The largest absolute Gasteiger partial charge is 0.486 e. The van der Waals surface area contributed by atoms with Crippen LogP contribution in [-0.2, 0) is 14.3 Å². The predicted molar refractivity (Wildman–Crippen MR) is 80.7 cm³/mol. The highest BCUT2D eigenvalue weighted by molar-refractivity contribution is 7.86. The molecule has 3 rings (SSSR count). The first-order valence-electron chi connectivity index (χ1n) is 6.89. The summed E-state index contributed by atoms with van der Waals surface area (Å²) in [5.74, 6) is 1.25. The average molecular weight is 320 g/mol. The van der Waals surface area contributed by atoms with Crippen molar-refractivity contribution < 1.29 is 22.1 Å². The summed E-state index contributed by atoms with van der Waals surface area (Å²) in [5.41, 5.74) is 0.986. The van der Waals surface area contributed by atoms with Crippen molar-refractivity contribution in [1.82, 2.24) is 0 Å². The van der Waals surface area contributed by atoms with Gasteiger partial charge in [0.25, 0.3) is 10.1 Å². The lowest BCUT2D eigenvalue weighted by molar-refractivity contribution is 0.0555. The second kappa shape index (κ2) is 5.98. The van der Waals surface area contributed by atoms with E-state index in [1.807, 2.05) is 19.1 Å². The minimum atomic E-state index is -3.79. The maximum atomic E-state index is 12.1. The molecule has 0 fully saturated rings. The topological polar surface area (TPSA) is 61.8 Å². The van der Waals surface area contributed by atoms with Crippen molar-refractivity contribution in [3.8, 4) is 11.5 Å². The van der Waals surface area contributed by atoms with Gasteiger partial charge in [-0.1, -0.05) is 29.8 Å². The first-order valence-corrected chi connectivity index (χ1v) is 8.30. The molecule has 1 heterocycles. The molecule has 0 saturated heterocycles. The number of hydrogen-bond donors (Lipinski definition) is 0. The number of aryl methyl sites for hydroxylation is 1. The fourth-order valence-electron chi connectivity index (χ4n) is 2.08. The van der Waals surface area contributed by atoms with E-state index >= 15 is 0 Å². The van der Waals surface area contributed by atoms with Gasteiger partial charge < -0.3 is 9.47 Å². The lowest BCUT2D eigenvalue weighted by atomic mass is 10.2. The van der Waals surface area contributed by atoms with Gasteiger partial charge in [-0.15, -0.1) is 0 Å². The summed E-state index contributed by atoms with van der Waals surface area (Å²) in [7, 11) is -3.79. The predicted octanol–water partition coefficient (Wildman–Crippen LogP) is 2.54. The average Bonchev–Trinajstić information content (AvgIpc) is 2.53. The van der Waals surface area contributed by atoms with Gasteiger partial charge in [-0.2, -0.15) is 8.42 Å². The van der Waals surface area contributed by atoms with Crippen molar-refractivity contribution in [3.63, 3.8) is 0 Å². The van der Waals surface area contributed by atoms with Crippen LogP contribution in [0.3, 0.4) is 0 Å². The van der Waals surface area contributed by atoms with Gasteiger partial charge in [0.2, 0.25) is 0 Å². The first kappa shape index (κ1) is 14.9. The number of hydrogen-bond acceptors (Lipinski definition) is 5. The van der Waals surface area contributed by atoms with Gasteiger partial charge in [0, 0.05) is 0 Å². The van der Waals surface area contributed by atoms with Crippen molar-refractivity contribution in [2.24, 2.45) is 0 Å². The van der Waals surface area contributed by atoms with Crippen LogP contribution in [0.25, 0.3) is 0 Å². The normalized spacial score (nSPS) is 17.2. The summed E-state index contributed by atoms with van der Waals surface area (Å²) >= 11 is 0. The van der Waals surface area contributed by atoms with E-state index in [-0.39, 0.29) is 18.1 Å². The van der Waals surface area contributed by atoms with E-state index in [0.717, 1.165) is 5.56 Å². The molecule has 1 atom stereocenters. The molecule has 0 aromatic heterocycles. The molecule has 0 unspecified atom stereocenters. The molecule has 0 saturated carbocycles. The van der Waals surface area contributed by atoms with E-state index in [9.17, 15) is 8.42 Å². The van der Waals surface area contributed by atoms with Crippen molar-refractivity contribution in [3.05, 3.63) is 54.1 Å². The molecule has 2 aromatic carbocycles. The Morgan fingerprint density at radius 1 is 1.09 bits per heavy atom. The summed E-state index contributed by atoms with van der Waals surface area (Å²) in [5, 5.41) is 0. The van der Waals surface area contributed by atoms with Gasteiger partial charge >= 0.3 is 0 Å². The third-order valence-corrected chi connectivity index (χ3v) is 4.58. The Kier molecular flexibility index (Phi) is 4.04. The second-order valence-electron chi connectivity index (χ2n) is 5.05. The SMILES string of the molecule is Cc1ccc(S(=O)(=O)OC[C@@H]2COc3ccccc3O2)cc1. The Bertz CT molecular complexity index is 752. The lowest BCUT2D eigenvalue weighted by Gasteiger charge is -2.25. The molecule has 1 aliphatic heterocycles. The van der Waals surface area contributed by atoms with Crippen molar-refractivity contribution >= 4 is 10.1 Å². The third-order valence-electron chi connectivity index (χ3n) is 3.29. The van der Waals surface area contributed by atoms with Gasteiger partial charge in [-0.25, -0.2) is 0 Å². The van der Waals surface area contributed by atoms with E-state index in [4.69, 9.17) is 13.7 Å². The van der Waals surface area contributed by atoms with E-state index in [2.05, 4.69) is 0 Å². The van der Waals surface area contributed by atoms with Crippen LogP contribution in [0.1, 0.15) is 5.56 Å². The summed E-state index contributed by atoms with van der Waals surface area (Å²) in [6, 6.07) is 13.8. The van der Waals surface area contributed by atoms with Crippen LogP contribution in [-0.4, -0.2) is 27.7 Å². The molecule has 22 heavy (non-hydrogen) atoms. The Hall–Kier alpha value is -2.05. The molecule has 116 valence electrons. The summed E-state index contributed by atoms with van der Waals surface area (Å²) in [6.07, 6.45) is -0.463. The molecule has 0 bridgehead atoms. The fraction of sp³-hybridized carbons (Fsp3) is 0.250. The number of fused-ring (bicyclic) bond motifs is 1. The molecule has 6 heteroatoms. The smallest absolute Gasteiger partial charge is 0.297 e. The highest BCUT2D eigenvalue weighted by Gasteiger charge is 2.24. The van der Waals surface area contributed by atoms with E-state index in [1.165, 1.54) is 12.1 Å². The monoisotopic (exact) mass is 320 g/mol. The van der Waals surface area contributed by atoms with Gasteiger partial charge in [0.05, 0.1) is 4.90 Å². The third kappa shape index (κ3) is 3.23. The van der Waals surface area contributed by atoms with Crippen LogP contribution in [0.4, 0.5) is 0 Å². The van der Waals surface area contributed by atoms with Gasteiger partial charge in [-0.05, 0) is 31.2 Å². The standard InChI is InChI=1S/C16H16O5S/c1-12-6-8-14(9-7-12)22(17,18)20-11-13-10-19-15-4-2-3-5-16(15)21-13/h2-9,13H,10-11H2,1H3/t13-/m0/s1. The summed E-state index contributed by atoms with van der Waals surface area (Å²) < 4.78 is 40.5. The molecular weight excluding hydrogens is 304 g/mol. The van der Waals surface area contributed by atoms with Crippen molar-refractivity contribution in [1.29, 1.82) is 0 Å². The minimum absolute atomic E-state index is 0.0927. The molecule has 0 amide bonds. The van der Waals surface area contributed by atoms with E-state index in [0.29, 0.717) is 11.5 Å². The Morgan fingerprint density at radius 3 is 2.50 bits per heavy atom. The zero-order valence-corrected chi connectivity index (χ0v) is 12.9. The molecule has 0 aliphatic carbocycles. The molecule has 1 aliphatic rings. The number of para-hydroxylation sites is 2. The van der Waals surface area contributed by atoms with Gasteiger partial charge in [0.15, 0.2) is 17.6 Å².